The Morgan fingerprint density at radius 1 is 1.33 bits per heavy atom. The number of aliphatic hydroxyl groups excluding tert-OH is 1. The van der Waals surface area contributed by atoms with Gasteiger partial charge in [-0.2, -0.15) is 11.8 Å². The predicted molar refractivity (Wildman–Crippen MR) is 74.8 cm³/mol. The van der Waals surface area contributed by atoms with Crippen LogP contribution in [0.3, 0.4) is 0 Å². The molecule has 0 radical (unpaired) electrons. The Morgan fingerprint density at radius 3 is 2.56 bits per heavy atom. The lowest BCUT2D eigenvalue weighted by Crippen LogP contribution is -2.31. The van der Waals surface area contributed by atoms with Crippen LogP contribution in [0.25, 0.3) is 0 Å². The molecule has 3 nitrogen and oxygen atoms in total. The summed E-state index contributed by atoms with van der Waals surface area (Å²) < 4.78 is 11.2. The van der Waals surface area contributed by atoms with Crippen LogP contribution in [0.5, 0.6) is 11.5 Å². The first-order chi connectivity index (χ1) is 8.56. The van der Waals surface area contributed by atoms with Crippen LogP contribution in [-0.2, 0) is 5.41 Å². The molecule has 1 fully saturated rings. The van der Waals surface area contributed by atoms with E-state index in [0.717, 1.165) is 28.6 Å². The molecule has 1 aromatic rings. The first-order valence-electron chi connectivity index (χ1n) is 6.10. The van der Waals surface area contributed by atoms with Crippen molar-refractivity contribution in [2.75, 3.05) is 25.2 Å². The smallest absolute Gasteiger partial charge is 0.161 e. The largest absolute Gasteiger partial charge is 0.493 e. The predicted octanol–water partition coefficient (Wildman–Crippen LogP) is 2.46. The lowest BCUT2D eigenvalue weighted by molar-refractivity contribution is 0.214. The average Bonchev–Trinajstić information content (AvgIpc) is 2.33. The molecule has 0 spiro atoms. The molecule has 2 rings (SSSR count). The van der Waals surface area contributed by atoms with Gasteiger partial charge in [-0.05, 0) is 17.7 Å². The maximum Gasteiger partial charge on any atom is 0.161 e. The second-order valence-corrected chi connectivity index (χ2v) is 6.26. The van der Waals surface area contributed by atoms with E-state index < -0.39 is 0 Å². The molecule has 18 heavy (non-hydrogen) atoms. The Bertz CT molecular complexity index is 414. The molecular weight excluding hydrogens is 248 g/mol. The van der Waals surface area contributed by atoms with Crippen LogP contribution in [0.15, 0.2) is 18.2 Å². The summed E-state index contributed by atoms with van der Waals surface area (Å²) in [7, 11) is 1.65. The average molecular weight is 268 g/mol. The van der Waals surface area contributed by atoms with Crippen molar-refractivity contribution in [2.24, 2.45) is 0 Å². The molecule has 0 unspecified atom stereocenters. The molecule has 1 aromatic carbocycles. The normalized spacial score (nSPS) is 16.2. The molecule has 0 amide bonds. The van der Waals surface area contributed by atoms with Crippen molar-refractivity contribution in [3.8, 4) is 11.5 Å². The van der Waals surface area contributed by atoms with Gasteiger partial charge >= 0.3 is 0 Å². The van der Waals surface area contributed by atoms with Gasteiger partial charge in [0.15, 0.2) is 11.5 Å². The van der Waals surface area contributed by atoms with E-state index in [9.17, 15) is 5.11 Å². The van der Waals surface area contributed by atoms with Crippen LogP contribution in [0, 0.1) is 0 Å². The summed E-state index contributed by atoms with van der Waals surface area (Å²) in [5.41, 5.74) is 0.798. The van der Waals surface area contributed by atoms with E-state index in [0.29, 0.717) is 0 Å². The number of ether oxygens (including phenoxy) is 2. The lowest BCUT2D eigenvalue weighted by atomic mass is 9.85. The fourth-order valence-corrected chi connectivity index (χ4v) is 2.31. The number of methoxy groups -OCH3 is 1. The zero-order chi connectivity index (χ0) is 13.2. The molecule has 0 saturated carbocycles. The van der Waals surface area contributed by atoms with Crippen LogP contribution in [0.4, 0.5) is 0 Å². The molecule has 0 bridgehead atoms. The Hall–Kier alpha value is -0.870. The first kappa shape index (κ1) is 13.6. The Morgan fingerprint density at radius 2 is 2.06 bits per heavy atom. The highest BCUT2D eigenvalue weighted by atomic mass is 32.2. The fraction of sp³-hybridized carbons (Fsp3) is 0.571. The maximum absolute atomic E-state index is 9.43. The maximum atomic E-state index is 9.43. The van der Waals surface area contributed by atoms with Crippen molar-refractivity contribution in [3.05, 3.63) is 23.8 Å². The molecule has 1 aliphatic heterocycles. The summed E-state index contributed by atoms with van der Waals surface area (Å²) in [6, 6.07) is 5.88. The summed E-state index contributed by atoms with van der Waals surface area (Å²) >= 11 is 1.89. The van der Waals surface area contributed by atoms with E-state index in [2.05, 4.69) is 0 Å². The Labute approximate surface area is 112 Å². The minimum absolute atomic E-state index is 0.109. The highest BCUT2D eigenvalue weighted by molar-refractivity contribution is 8.00. The van der Waals surface area contributed by atoms with Gasteiger partial charge in [-0.3, -0.25) is 0 Å². The van der Waals surface area contributed by atoms with Gasteiger partial charge in [-0.1, -0.05) is 19.9 Å². The van der Waals surface area contributed by atoms with Gasteiger partial charge in [0.2, 0.25) is 0 Å². The molecule has 0 aromatic heterocycles. The highest BCUT2D eigenvalue weighted by Crippen LogP contribution is 2.35. The van der Waals surface area contributed by atoms with Gasteiger partial charge in [-0.15, -0.1) is 0 Å². The van der Waals surface area contributed by atoms with E-state index in [-0.39, 0.29) is 18.1 Å². The zero-order valence-electron chi connectivity index (χ0n) is 11.1. The monoisotopic (exact) mass is 268 g/mol. The third-order valence-electron chi connectivity index (χ3n) is 3.24. The Kier molecular flexibility index (Phi) is 4.07. The van der Waals surface area contributed by atoms with E-state index in [1.165, 1.54) is 0 Å². The minimum atomic E-state index is -0.265. The summed E-state index contributed by atoms with van der Waals surface area (Å²) in [6.07, 6.45) is 0.288. The van der Waals surface area contributed by atoms with E-state index in [1.54, 1.807) is 7.11 Å². The summed E-state index contributed by atoms with van der Waals surface area (Å²) in [5, 5.41) is 9.43. The molecule has 1 saturated heterocycles. The third kappa shape index (κ3) is 2.75. The van der Waals surface area contributed by atoms with E-state index in [4.69, 9.17) is 9.47 Å². The van der Waals surface area contributed by atoms with Crippen LogP contribution in [-0.4, -0.2) is 36.4 Å². The quantitative estimate of drug-likeness (QED) is 0.890. The SMILES string of the molecule is COc1ccc(C(C)(C)CO)cc1OC1CSC1. The van der Waals surface area contributed by atoms with Crippen LogP contribution in [0.1, 0.15) is 19.4 Å². The van der Waals surface area contributed by atoms with Crippen molar-refractivity contribution in [3.63, 3.8) is 0 Å². The molecule has 0 atom stereocenters. The van der Waals surface area contributed by atoms with Gasteiger partial charge in [0.05, 0.1) is 13.7 Å². The molecule has 1 N–H and O–H groups in total. The van der Waals surface area contributed by atoms with Crippen molar-refractivity contribution in [2.45, 2.75) is 25.4 Å². The van der Waals surface area contributed by atoms with Crippen molar-refractivity contribution in [1.82, 2.24) is 0 Å². The second kappa shape index (κ2) is 5.41. The van der Waals surface area contributed by atoms with E-state index in [1.807, 2.05) is 43.8 Å². The number of benzene rings is 1. The third-order valence-corrected chi connectivity index (χ3v) is 4.46. The minimum Gasteiger partial charge on any atom is -0.493 e. The van der Waals surface area contributed by atoms with Gasteiger partial charge in [0.25, 0.3) is 0 Å². The number of hydrogen-bond donors (Lipinski definition) is 1. The fourth-order valence-electron chi connectivity index (χ4n) is 1.74. The van der Waals surface area contributed by atoms with E-state index >= 15 is 0 Å². The highest BCUT2D eigenvalue weighted by Gasteiger charge is 2.24. The lowest BCUT2D eigenvalue weighted by Gasteiger charge is -2.28. The van der Waals surface area contributed by atoms with Crippen LogP contribution >= 0.6 is 11.8 Å². The van der Waals surface area contributed by atoms with Crippen molar-refractivity contribution >= 4 is 11.8 Å². The summed E-state index contributed by atoms with van der Waals surface area (Å²) in [6.45, 7) is 4.13. The topological polar surface area (TPSA) is 38.7 Å². The molecule has 4 heteroatoms. The molecule has 100 valence electrons. The number of aliphatic hydroxyl groups is 1. The molecule has 1 aliphatic rings. The van der Waals surface area contributed by atoms with Gasteiger partial charge in [-0.25, -0.2) is 0 Å². The molecule has 0 aliphatic carbocycles. The number of thioether (sulfide) groups is 1. The van der Waals surface area contributed by atoms with Crippen molar-refractivity contribution in [1.29, 1.82) is 0 Å². The van der Waals surface area contributed by atoms with Gasteiger partial charge in [0, 0.05) is 16.9 Å². The number of rotatable bonds is 5. The van der Waals surface area contributed by atoms with Crippen molar-refractivity contribution < 1.29 is 14.6 Å². The second-order valence-electron chi connectivity index (χ2n) is 5.18. The first-order valence-corrected chi connectivity index (χ1v) is 7.26. The number of hydrogen-bond acceptors (Lipinski definition) is 4. The summed E-state index contributed by atoms with van der Waals surface area (Å²) in [4.78, 5) is 0. The molecule has 1 heterocycles. The summed E-state index contributed by atoms with van der Waals surface area (Å²) in [5.74, 6) is 3.61. The standard InChI is InChI=1S/C14H20O3S/c1-14(2,9-15)10-4-5-12(16-3)13(6-10)17-11-7-18-8-11/h4-6,11,15H,7-9H2,1-3H3. The van der Waals surface area contributed by atoms with Crippen LogP contribution < -0.4 is 9.47 Å². The van der Waals surface area contributed by atoms with Gasteiger partial charge < -0.3 is 14.6 Å². The molecular formula is C14H20O3S. The zero-order valence-corrected chi connectivity index (χ0v) is 11.9. The van der Waals surface area contributed by atoms with Crippen LogP contribution in [0.2, 0.25) is 0 Å². The van der Waals surface area contributed by atoms with Gasteiger partial charge in [0.1, 0.15) is 6.10 Å². The Balaban J connectivity index is 2.26.